The number of amides is 1. The van der Waals surface area contributed by atoms with Gasteiger partial charge in [-0.05, 0) is 37.7 Å². The van der Waals surface area contributed by atoms with Crippen molar-refractivity contribution in [2.24, 2.45) is 0 Å². The summed E-state index contributed by atoms with van der Waals surface area (Å²) in [5.41, 5.74) is 1.18. The molecule has 0 radical (unpaired) electrons. The maximum absolute atomic E-state index is 13.1. The molecule has 1 aromatic rings. The molecule has 0 bridgehead atoms. The van der Waals surface area contributed by atoms with Crippen LogP contribution < -0.4 is 10.6 Å². The summed E-state index contributed by atoms with van der Waals surface area (Å²) in [5.74, 6) is -0.299. The Balaban J connectivity index is 1.88. The second-order valence-electron chi connectivity index (χ2n) is 5.13. The molecule has 0 spiro atoms. The van der Waals surface area contributed by atoms with Crippen LogP contribution in [0.1, 0.15) is 12.0 Å². The number of aryl methyl sites for hydroxylation is 1. The Hall–Kier alpha value is -1.46. The Morgan fingerprint density at radius 2 is 2.37 bits per heavy atom. The molecule has 1 fully saturated rings. The number of rotatable bonds is 3. The summed E-state index contributed by atoms with van der Waals surface area (Å²) in [6, 6.07) is 4.78. The summed E-state index contributed by atoms with van der Waals surface area (Å²) in [6.45, 7) is 4.47. The van der Waals surface area contributed by atoms with Gasteiger partial charge in [-0.15, -0.1) is 0 Å². The van der Waals surface area contributed by atoms with E-state index in [9.17, 15) is 9.18 Å². The van der Waals surface area contributed by atoms with Crippen LogP contribution in [-0.4, -0.2) is 43.5 Å². The minimum atomic E-state index is -0.256. The van der Waals surface area contributed by atoms with E-state index < -0.39 is 0 Å². The molecule has 5 heteroatoms. The number of piperazine rings is 1. The number of carbonyl (C=O) groups is 1. The zero-order valence-corrected chi connectivity index (χ0v) is 11.4. The first-order valence-corrected chi connectivity index (χ1v) is 6.52. The minimum Gasteiger partial charge on any atom is -0.326 e. The van der Waals surface area contributed by atoms with Crippen molar-refractivity contribution in [1.82, 2.24) is 10.2 Å². The highest BCUT2D eigenvalue weighted by atomic mass is 19.1. The molecule has 104 valence electrons. The number of nitrogens with one attached hydrogen (secondary N) is 2. The predicted molar refractivity (Wildman–Crippen MR) is 73.7 cm³/mol. The molecule has 2 rings (SSSR count). The van der Waals surface area contributed by atoms with E-state index in [-0.39, 0.29) is 17.8 Å². The van der Waals surface area contributed by atoms with E-state index in [4.69, 9.17) is 0 Å². The number of carbonyl (C=O) groups excluding carboxylic acids is 1. The van der Waals surface area contributed by atoms with Gasteiger partial charge in [0, 0.05) is 37.8 Å². The molecular formula is C14H20FN3O. The van der Waals surface area contributed by atoms with Crippen molar-refractivity contribution >= 4 is 11.6 Å². The molecule has 1 heterocycles. The second-order valence-corrected chi connectivity index (χ2v) is 5.13. The van der Waals surface area contributed by atoms with Crippen LogP contribution in [0.3, 0.4) is 0 Å². The van der Waals surface area contributed by atoms with Gasteiger partial charge in [0.05, 0.1) is 0 Å². The van der Waals surface area contributed by atoms with Gasteiger partial charge in [-0.1, -0.05) is 0 Å². The predicted octanol–water partition coefficient (Wildman–Crippen LogP) is 1.37. The van der Waals surface area contributed by atoms with E-state index in [1.165, 1.54) is 6.07 Å². The number of benzene rings is 1. The zero-order chi connectivity index (χ0) is 13.8. The molecule has 0 aromatic heterocycles. The average Bonchev–Trinajstić information content (AvgIpc) is 2.34. The van der Waals surface area contributed by atoms with E-state index in [1.807, 2.05) is 0 Å². The molecule has 1 amide bonds. The van der Waals surface area contributed by atoms with Gasteiger partial charge in [0.2, 0.25) is 5.91 Å². The SMILES string of the molecule is Cc1cc(NC(=O)CC2CN(C)CCN2)ccc1F. The number of nitrogens with zero attached hydrogens (tertiary/aromatic N) is 1. The van der Waals surface area contributed by atoms with Crippen LogP contribution in [0.2, 0.25) is 0 Å². The fourth-order valence-corrected chi connectivity index (χ4v) is 2.29. The van der Waals surface area contributed by atoms with Crippen molar-refractivity contribution < 1.29 is 9.18 Å². The van der Waals surface area contributed by atoms with Gasteiger partial charge < -0.3 is 15.5 Å². The molecule has 4 nitrogen and oxygen atoms in total. The second kappa shape index (κ2) is 6.12. The molecule has 1 atom stereocenters. The lowest BCUT2D eigenvalue weighted by atomic mass is 10.1. The third-order valence-electron chi connectivity index (χ3n) is 3.33. The van der Waals surface area contributed by atoms with E-state index in [0.29, 0.717) is 17.7 Å². The molecule has 19 heavy (non-hydrogen) atoms. The Morgan fingerprint density at radius 3 is 3.05 bits per heavy atom. The number of likely N-dealkylation sites (N-methyl/N-ethyl adjacent to an activating group) is 1. The summed E-state index contributed by atoms with van der Waals surface area (Å²) in [5, 5.41) is 6.13. The minimum absolute atomic E-state index is 0.0428. The summed E-state index contributed by atoms with van der Waals surface area (Å²) < 4.78 is 13.1. The molecule has 1 aromatic carbocycles. The number of hydrogen-bond acceptors (Lipinski definition) is 3. The molecule has 0 aliphatic carbocycles. The monoisotopic (exact) mass is 265 g/mol. The molecule has 1 unspecified atom stereocenters. The molecule has 0 saturated carbocycles. The lowest BCUT2D eigenvalue weighted by molar-refractivity contribution is -0.116. The standard InChI is InChI=1S/C14H20FN3O/c1-10-7-11(3-4-13(10)15)17-14(19)8-12-9-18(2)6-5-16-12/h3-4,7,12,16H,5-6,8-9H2,1-2H3,(H,17,19). The van der Waals surface area contributed by atoms with Gasteiger partial charge >= 0.3 is 0 Å². The summed E-state index contributed by atoms with van der Waals surface area (Å²) in [7, 11) is 2.05. The van der Waals surface area contributed by atoms with Gasteiger partial charge in [-0.3, -0.25) is 4.79 Å². The average molecular weight is 265 g/mol. The Labute approximate surface area is 113 Å². The van der Waals surface area contributed by atoms with Crippen molar-refractivity contribution in [3.05, 3.63) is 29.6 Å². The maximum Gasteiger partial charge on any atom is 0.225 e. The topological polar surface area (TPSA) is 44.4 Å². The van der Waals surface area contributed by atoms with Crippen LogP contribution in [0.5, 0.6) is 0 Å². The van der Waals surface area contributed by atoms with Crippen molar-refractivity contribution in [2.75, 3.05) is 32.0 Å². The van der Waals surface area contributed by atoms with Gasteiger partial charge in [-0.2, -0.15) is 0 Å². The van der Waals surface area contributed by atoms with Crippen LogP contribution in [0.15, 0.2) is 18.2 Å². The first kappa shape index (κ1) is 14.0. The Bertz CT molecular complexity index is 464. The fourth-order valence-electron chi connectivity index (χ4n) is 2.29. The smallest absolute Gasteiger partial charge is 0.225 e. The van der Waals surface area contributed by atoms with E-state index >= 15 is 0 Å². The van der Waals surface area contributed by atoms with Crippen LogP contribution in [0.25, 0.3) is 0 Å². The van der Waals surface area contributed by atoms with Crippen LogP contribution >= 0.6 is 0 Å². The van der Waals surface area contributed by atoms with Crippen molar-refractivity contribution in [3.8, 4) is 0 Å². The normalized spacial score (nSPS) is 20.3. The third-order valence-corrected chi connectivity index (χ3v) is 3.33. The molecule has 1 aliphatic heterocycles. The van der Waals surface area contributed by atoms with Crippen LogP contribution in [-0.2, 0) is 4.79 Å². The number of hydrogen-bond donors (Lipinski definition) is 2. The van der Waals surface area contributed by atoms with Crippen LogP contribution in [0, 0.1) is 12.7 Å². The van der Waals surface area contributed by atoms with Gasteiger partial charge in [-0.25, -0.2) is 4.39 Å². The lowest BCUT2D eigenvalue weighted by Crippen LogP contribution is -2.50. The summed E-state index contributed by atoms with van der Waals surface area (Å²) in [6.07, 6.45) is 0.431. The van der Waals surface area contributed by atoms with Crippen LogP contribution in [0.4, 0.5) is 10.1 Å². The summed E-state index contributed by atoms with van der Waals surface area (Å²) >= 11 is 0. The quantitative estimate of drug-likeness (QED) is 0.867. The highest BCUT2D eigenvalue weighted by Gasteiger charge is 2.19. The molecule has 1 saturated heterocycles. The fraction of sp³-hybridized carbons (Fsp3) is 0.500. The number of anilines is 1. The summed E-state index contributed by atoms with van der Waals surface area (Å²) in [4.78, 5) is 14.1. The van der Waals surface area contributed by atoms with E-state index in [1.54, 1.807) is 19.1 Å². The zero-order valence-electron chi connectivity index (χ0n) is 11.4. The van der Waals surface area contributed by atoms with Gasteiger partial charge in [0.15, 0.2) is 0 Å². The first-order chi connectivity index (χ1) is 9.04. The lowest BCUT2D eigenvalue weighted by Gasteiger charge is -2.30. The van der Waals surface area contributed by atoms with Crippen molar-refractivity contribution in [1.29, 1.82) is 0 Å². The van der Waals surface area contributed by atoms with Crippen molar-refractivity contribution in [3.63, 3.8) is 0 Å². The largest absolute Gasteiger partial charge is 0.326 e. The molecule has 1 aliphatic rings. The van der Waals surface area contributed by atoms with E-state index in [2.05, 4.69) is 22.6 Å². The molecule has 2 N–H and O–H groups in total. The van der Waals surface area contributed by atoms with Gasteiger partial charge in [0.25, 0.3) is 0 Å². The number of halogens is 1. The van der Waals surface area contributed by atoms with Gasteiger partial charge in [0.1, 0.15) is 5.82 Å². The van der Waals surface area contributed by atoms with Crippen molar-refractivity contribution in [2.45, 2.75) is 19.4 Å². The van der Waals surface area contributed by atoms with E-state index in [0.717, 1.165) is 19.6 Å². The Kier molecular flexibility index (Phi) is 4.50. The third kappa shape index (κ3) is 4.01. The highest BCUT2D eigenvalue weighted by Crippen LogP contribution is 2.14. The maximum atomic E-state index is 13.1. The molecular weight excluding hydrogens is 245 g/mol. The Morgan fingerprint density at radius 1 is 1.58 bits per heavy atom. The highest BCUT2D eigenvalue weighted by molar-refractivity contribution is 5.91. The first-order valence-electron chi connectivity index (χ1n) is 6.52.